The van der Waals surface area contributed by atoms with Crippen molar-refractivity contribution in [3.05, 3.63) is 16.1 Å². The molecule has 0 spiro atoms. The fourth-order valence-corrected chi connectivity index (χ4v) is 7.62. The van der Waals surface area contributed by atoms with Crippen molar-refractivity contribution >= 4 is 29.1 Å². The Morgan fingerprint density at radius 2 is 1.61 bits per heavy atom. The van der Waals surface area contributed by atoms with E-state index in [4.69, 9.17) is 0 Å². The molecule has 0 radical (unpaired) electrons. The second kappa shape index (κ2) is 18.2. The minimum absolute atomic E-state index is 0.0714. The molecule has 0 saturated heterocycles. The molecule has 0 aliphatic heterocycles. The van der Waals surface area contributed by atoms with Crippen LogP contribution in [0.15, 0.2) is 5.38 Å². The highest BCUT2D eigenvalue weighted by Gasteiger charge is 2.40. The van der Waals surface area contributed by atoms with E-state index >= 15 is 0 Å². The highest BCUT2D eigenvalue weighted by atomic mass is 32.1. The van der Waals surface area contributed by atoms with Crippen LogP contribution >= 0.6 is 11.3 Å². The molecule has 2 aliphatic carbocycles. The number of hydrogen-bond acceptors (Lipinski definition) is 7. The Bertz CT molecular complexity index is 1030. The molecule has 10 heteroatoms. The van der Waals surface area contributed by atoms with Gasteiger partial charge in [-0.1, -0.05) is 65.2 Å². The van der Waals surface area contributed by atoms with E-state index in [0.717, 1.165) is 62.1 Å². The first-order chi connectivity index (χ1) is 20.9. The standard InChI is InChI=1S/C34H58N4O5S/c1-23(2)16-30(39)33(42)29(17-25-12-8-6-9-13-25)38(21-26-14-10-7-11-15-26)34(43)27(18-28-22-44-24(3)36-28)19-31(40)35-20-32(41)37(4)5/h22-23,25-27,29-30,33,39,42H,6-21H2,1-5H3,(H,35,40)/t27-,29+,30+,33-/m1/s1. The van der Waals surface area contributed by atoms with E-state index in [2.05, 4.69) is 10.3 Å². The summed E-state index contributed by atoms with van der Waals surface area (Å²) in [6.45, 7) is 6.38. The first kappa shape index (κ1) is 36.4. The van der Waals surface area contributed by atoms with Crippen molar-refractivity contribution < 1.29 is 24.6 Å². The third-order valence-corrected chi connectivity index (χ3v) is 10.3. The van der Waals surface area contributed by atoms with Crippen molar-refractivity contribution in [3.8, 4) is 0 Å². The molecule has 0 unspecified atom stereocenters. The number of nitrogens with one attached hydrogen (secondary N) is 1. The summed E-state index contributed by atoms with van der Waals surface area (Å²) in [6.07, 6.45) is 10.5. The number of nitrogens with zero attached hydrogens (tertiary/aromatic N) is 3. The van der Waals surface area contributed by atoms with Crippen LogP contribution in [0.3, 0.4) is 0 Å². The van der Waals surface area contributed by atoms with Gasteiger partial charge in [0.1, 0.15) is 6.10 Å². The van der Waals surface area contributed by atoms with Crippen LogP contribution in [-0.2, 0) is 20.8 Å². The zero-order valence-corrected chi connectivity index (χ0v) is 28.6. The van der Waals surface area contributed by atoms with Crippen molar-refractivity contribution in [3.63, 3.8) is 0 Å². The predicted octanol–water partition coefficient (Wildman–Crippen LogP) is 4.72. The Morgan fingerprint density at radius 1 is 1.00 bits per heavy atom. The number of carbonyl (C=O) groups excluding carboxylic acids is 3. The number of aryl methyl sites for hydroxylation is 1. The van der Waals surface area contributed by atoms with E-state index < -0.39 is 24.2 Å². The topological polar surface area (TPSA) is 123 Å². The Kier molecular flexibility index (Phi) is 15.1. The molecule has 3 amide bonds. The van der Waals surface area contributed by atoms with Gasteiger partial charge in [0.2, 0.25) is 17.7 Å². The minimum Gasteiger partial charge on any atom is -0.390 e. The zero-order chi connectivity index (χ0) is 32.2. The summed E-state index contributed by atoms with van der Waals surface area (Å²) in [6, 6.07) is -0.528. The minimum atomic E-state index is -1.07. The molecule has 1 aromatic rings. The number of aromatic nitrogens is 1. The number of amides is 3. The molecule has 0 aromatic carbocycles. The van der Waals surface area contributed by atoms with Gasteiger partial charge < -0.3 is 25.3 Å². The van der Waals surface area contributed by atoms with E-state index in [1.54, 1.807) is 14.1 Å². The number of aliphatic hydroxyl groups is 2. The molecule has 2 fully saturated rings. The van der Waals surface area contributed by atoms with E-state index in [-0.39, 0.29) is 36.6 Å². The van der Waals surface area contributed by atoms with Gasteiger partial charge in [-0.15, -0.1) is 11.3 Å². The van der Waals surface area contributed by atoms with Crippen LogP contribution in [0.2, 0.25) is 0 Å². The van der Waals surface area contributed by atoms with Crippen molar-refractivity contribution in [2.24, 2.45) is 23.7 Å². The summed E-state index contributed by atoms with van der Waals surface area (Å²) < 4.78 is 0. The third kappa shape index (κ3) is 11.7. The molecule has 9 nitrogen and oxygen atoms in total. The molecular weight excluding hydrogens is 576 g/mol. The summed E-state index contributed by atoms with van der Waals surface area (Å²) in [4.78, 5) is 48.1. The van der Waals surface area contributed by atoms with Crippen molar-refractivity contribution in [2.45, 2.75) is 129 Å². The summed E-state index contributed by atoms with van der Waals surface area (Å²) in [5.74, 6) is -0.519. The van der Waals surface area contributed by atoms with E-state index in [1.165, 1.54) is 29.1 Å². The number of carbonyl (C=O) groups is 3. The van der Waals surface area contributed by atoms with Gasteiger partial charge in [-0.3, -0.25) is 14.4 Å². The maximum atomic E-state index is 14.8. The lowest BCUT2D eigenvalue weighted by Crippen LogP contribution is -2.55. The van der Waals surface area contributed by atoms with Gasteiger partial charge in [0.25, 0.3) is 0 Å². The smallest absolute Gasteiger partial charge is 0.241 e. The van der Waals surface area contributed by atoms with Crippen molar-refractivity contribution in [1.29, 1.82) is 0 Å². The first-order valence-electron chi connectivity index (χ1n) is 17.0. The molecule has 2 aliphatic rings. The summed E-state index contributed by atoms with van der Waals surface area (Å²) in [5, 5.41) is 28.5. The lowest BCUT2D eigenvalue weighted by molar-refractivity contribution is -0.147. The predicted molar refractivity (Wildman–Crippen MR) is 175 cm³/mol. The van der Waals surface area contributed by atoms with Crippen molar-refractivity contribution in [1.82, 2.24) is 20.1 Å². The van der Waals surface area contributed by atoms with Gasteiger partial charge in [0.15, 0.2) is 0 Å². The number of hydrogen-bond donors (Lipinski definition) is 3. The van der Waals surface area contributed by atoms with Crippen LogP contribution in [-0.4, -0.2) is 88.2 Å². The summed E-state index contributed by atoms with van der Waals surface area (Å²) in [7, 11) is 3.28. The third-order valence-electron chi connectivity index (χ3n) is 9.50. The lowest BCUT2D eigenvalue weighted by Gasteiger charge is -2.42. The molecule has 250 valence electrons. The van der Waals surface area contributed by atoms with Gasteiger partial charge in [-0.2, -0.15) is 0 Å². The molecule has 44 heavy (non-hydrogen) atoms. The van der Waals surface area contributed by atoms with Crippen LogP contribution < -0.4 is 5.32 Å². The Labute approximate surface area is 269 Å². The molecule has 3 N–H and O–H groups in total. The molecule has 2 saturated carbocycles. The number of aliphatic hydroxyl groups excluding tert-OH is 2. The number of rotatable bonds is 16. The van der Waals surface area contributed by atoms with Crippen LogP contribution in [0, 0.1) is 30.6 Å². The second-order valence-corrected chi connectivity index (χ2v) is 15.1. The molecule has 1 heterocycles. The Balaban J connectivity index is 1.95. The average molecular weight is 635 g/mol. The van der Waals surface area contributed by atoms with Crippen LogP contribution in [0.25, 0.3) is 0 Å². The van der Waals surface area contributed by atoms with E-state index in [1.807, 2.05) is 31.1 Å². The molecule has 1 aromatic heterocycles. The number of likely N-dealkylation sites (N-methyl/N-ethyl adjacent to an activating group) is 1. The maximum Gasteiger partial charge on any atom is 0.241 e. The Morgan fingerprint density at radius 3 is 2.16 bits per heavy atom. The van der Waals surface area contributed by atoms with Gasteiger partial charge in [0, 0.05) is 38.9 Å². The van der Waals surface area contributed by atoms with Gasteiger partial charge in [-0.05, 0) is 50.4 Å². The highest BCUT2D eigenvalue weighted by Crippen LogP contribution is 2.34. The first-order valence-corrected chi connectivity index (χ1v) is 17.9. The fraction of sp³-hybridized carbons (Fsp3) is 0.824. The zero-order valence-electron chi connectivity index (χ0n) is 27.8. The molecule has 0 bridgehead atoms. The normalized spacial score (nSPS) is 19.3. The molecular formula is C34H58N4O5S. The monoisotopic (exact) mass is 634 g/mol. The van der Waals surface area contributed by atoms with E-state index in [9.17, 15) is 24.6 Å². The van der Waals surface area contributed by atoms with Crippen LogP contribution in [0.5, 0.6) is 0 Å². The fourth-order valence-electron chi connectivity index (χ4n) is 6.99. The van der Waals surface area contributed by atoms with Crippen LogP contribution in [0.1, 0.15) is 108 Å². The average Bonchev–Trinajstić information content (AvgIpc) is 3.41. The van der Waals surface area contributed by atoms with Gasteiger partial charge >= 0.3 is 0 Å². The van der Waals surface area contributed by atoms with Gasteiger partial charge in [0.05, 0.1) is 35.3 Å². The second-order valence-electron chi connectivity index (χ2n) is 14.0. The lowest BCUT2D eigenvalue weighted by atomic mass is 9.80. The Hall–Kier alpha value is -2.04. The molecule has 4 atom stereocenters. The highest BCUT2D eigenvalue weighted by molar-refractivity contribution is 7.09. The summed E-state index contributed by atoms with van der Waals surface area (Å²) in [5.41, 5.74) is 0.768. The number of thiazole rings is 1. The SMILES string of the molecule is Cc1nc(C[C@H](CC(=O)NCC(=O)N(C)C)C(=O)N(CC2CCCCC2)[C@@H](CC2CCCCC2)[C@@H](O)[C@@H](O)CC(C)C)cs1. The van der Waals surface area contributed by atoms with Crippen molar-refractivity contribution in [2.75, 3.05) is 27.2 Å². The maximum absolute atomic E-state index is 14.8. The summed E-state index contributed by atoms with van der Waals surface area (Å²) >= 11 is 1.52. The van der Waals surface area contributed by atoms with Gasteiger partial charge in [-0.25, -0.2) is 4.98 Å². The van der Waals surface area contributed by atoms with E-state index in [0.29, 0.717) is 37.6 Å². The van der Waals surface area contributed by atoms with Crippen LogP contribution in [0.4, 0.5) is 0 Å². The molecule has 3 rings (SSSR count). The quantitative estimate of drug-likeness (QED) is 0.242. The largest absolute Gasteiger partial charge is 0.390 e.